The van der Waals surface area contributed by atoms with Gasteiger partial charge in [-0.05, 0) is 55.0 Å². The standard InChI is InChI=1S/C22H25N3O2S/c1-16-14-25(15-17(2)23-16)21-9-5-8-20(13-21)24-28(26,27)22-11-10-18-6-3-4-7-19(18)12-22/h3-13,16-17,23-24H,14-15H2,1-2H3. The highest BCUT2D eigenvalue weighted by molar-refractivity contribution is 7.92. The Kier molecular flexibility index (Phi) is 5.00. The van der Waals surface area contributed by atoms with Crippen molar-refractivity contribution in [2.45, 2.75) is 30.8 Å². The van der Waals surface area contributed by atoms with Gasteiger partial charge in [-0.1, -0.05) is 36.4 Å². The van der Waals surface area contributed by atoms with Crippen LogP contribution in [-0.4, -0.2) is 33.6 Å². The maximum atomic E-state index is 12.9. The van der Waals surface area contributed by atoms with E-state index in [1.807, 2.05) is 48.5 Å². The van der Waals surface area contributed by atoms with Crippen LogP contribution in [0.1, 0.15) is 13.8 Å². The van der Waals surface area contributed by atoms with Crippen molar-refractivity contribution in [3.05, 3.63) is 66.7 Å². The fraction of sp³-hybridized carbons (Fsp3) is 0.273. The zero-order chi connectivity index (χ0) is 19.7. The van der Waals surface area contributed by atoms with Crippen molar-refractivity contribution >= 4 is 32.2 Å². The molecule has 3 aromatic carbocycles. The van der Waals surface area contributed by atoms with Gasteiger partial charge in [0.05, 0.1) is 10.6 Å². The molecule has 1 aliphatic heterocycles. The Hall–Kier alpha value is -2.57. The minimum Gasteiger partial charge on any atom is -0.368 e. The van der Waals surface area contributed by atoms with Gasteiger partial charge < -0.3 is 10.2 Å². The van der Waals surface area contributed by atoms with Gasteiger partial charge in [-0.3, -0.25) is 4.72 Å². The van der Waals surface area contributed by atoms with Crippen LogP contribution in [0.5, 0.6) is 0 Å². The molecule has 0 amide bonds. The SMILES string of the molecule is CC1CN(c2cccc(NS(=O)(=O)c3ccc4ccccc4c3)c2)CC(C)N1. The number of hydrogen-bond donors (Lipinski definition) is 2. The van der Waals surface area contributed by atoms with Gasteiger partial charge in [0.2, 0.25) is 0 Å². The van der Waals surface area contributed by atoms with Gasteiger partial charge in [0.15, 0.2) is 0 Å². The highest BCUT2D eigenvalue weighted by Crippen LogP contribution is 2.25. The molecule has 0 saturated carbocycles. The fourth-order valence-electron chi connectivity index (χ4n) is 3.85. The number of rotatable bonds is 4. The lowest BCUT2D eigenvalue weighted by atomic mass is 10.1. The minimum atomic E-state index is -3.65. The van der Waals surface area contributed by atoms with E-state index in [-0.39, 0.29) is 4.90 Å². The summed E-state index contributed by atoms with van der Waals surface area (Å²) in [5, 5.41) is 5.44. The summed E-state index contributed by atoms with van der Waals surface area (Å²) in [7, 11) is -3.65. The Morgan fingerprint density at radius 3 is 2.36 bits per heavy atom. The van der Waals surface area contributed by atoms with E-state index >= 15 is 0 Å². The predicted octanol–water partition coefficient (Wildman–Crippen LogP) is 3.83. The maximum absolute atomic E-state index is 12.9. The van der Waals surface area contributed by atoms with Crippen LogP contribution in [0, 0.1) is 0 Å². The first-order chi connectivity index (χ1) is 13.4. The van der Waals surface area contributed by atoms with Gasteiger partial charge in [0.1, 0.15) is 0 Å². The topological polar surface area (TPSA) is 61.4 Å². The van der Waals surface area contributed by atoms with Gasteiger partial charge in [-0.2, -0.15) is 0 Å². The van der Waals surface area contributed by atoms with E-state index in [4.69, 9.17) is 0 Å². The first-order valence-corrected chi connectivity index (χ1v) is 11.0. The number of hydrogen-bond acceptors (Lipinski definition) is 4. The molecule has 3 aromatic rings. The lowest BCUT2D eigenvalue weighted by Gasteiger charge is -2.37. The third-order valence-electron chi connectivity index (χ3n) is 5.05. The molecule has 0 aliphatic carbocycles. The molecular weight excluding hydrogens is 370 g/mol. The van der Waals surface area contributed by atoms with Crippen molar-refractivity contribution in [3.63, 3.8) is 0 Å². The average Bonchev–Trinajstić information content (AvgIpc) is 2.67. The van der Waals surface area contributed by atoms with Crippen LogP contribution in [0.4, 0.5) is 11.4 Å². The summed E-state index contributed by atoms with van der Waals surface area (Å²) in [5.74, 6) is 0. The molecule has 0 bridgehead atoms. The molecule has 0 aromatic heterocycles. The highest BCUT2D eigenvalue weighted by atomic mass is 32.2. The summed E-state index contributed by atoms with van der Waals surface area (Å²) in [5.41, 5.74) is 1.60. The van der Waals surface area contributed by atoms with Crippen LogP contribution in [0.2, 0.25) is 0 Å². The van der Waals surface area contributed by atoms with Gasteiger partial charge >= 0.3 is 0 Å². The minimum absolute atomic E-state index is 0.265. The largest absolute Gasteiger partial charge is 0.368 e. The number of piperazine rings is 1. The highest BCUT2D eigenvalue weighted by Gasteiger charge is 2.22. The molecule has 1 saturated heterocycles. The predicted molar refractivity (Wildman–Crippen MR) is 115 cm³/mol. The van der Waals surface area contributed by atoms with Crippen molar-refractivity contribution in [1.29, 1.82) is 0 Å². The van der Waals surface area contributed by atoms with Crippen molar-refractivity contribution in [1.82, 2.24) is 5.32 Å². The summed E-state index contributed by atoms with van der Waals surface area (Å²) in [4.78, 5) is 2.56. The van der Waals surface area contributed by atoms with Crippen molar-refractivity contribution in [2.75, 3.05) is 22.7 Å². The first kappa shape index (κ1) is 18.8. The zero-order valence-corrected chi connectivity index (χ0v) is 16.9. The molecule has 1 heterocycles. The first-order valence-electron chi connectivity index (χ1n) is 9.53. The molecule has 0 spiro atoms. The molecular formula is C22H25N3O2S. The molecule has 1 aliphatic rings. The van der Waals surface area contributed by atoms with Crippen LogP contribution < -0.4 is 14.9 Å². The molecule has 4 rings (SSSR count). The normalized spacial score (nSPS) is 20.3. The van der Waals surface area contributed by atoms with Gasteiger partial charge in [-0.15, -0.1) is 0 Å². The molecule has 2 atom stereocenters. The Bertz CT molecular complexity index is 1090. The Morgan fingerprint density at radius 1 is 0.893 bits per heavy atom. The Balaban J connectivity index is 1.59. The number of anilines is 2. The smallest absolute Gasteiger partial charge is 0.261 e. The molecule has 2 unspecified atom stereocenters. The second-order valence-electron chi connectivity index (χ2n) is 7.54. The van der Waals surface area contributed by atoms with Crippen molar-refractivity contribution in [2.24, 2.45) is 0 Å². The van der Waals surface area contributed by atoms with Crippen molar-refractivity contribution in [3.8, 4) is 0 Å². The second-order valence-corrected chi connectivity index (χ2v) is 9.22. The van der Waals surface area contributed by atoms with E-state index < -0.39 is 10.0 Å². The number of sulfonamides is 1. The molecule has 2 N–H and O–H groups in total. The summed E-state index contributed by atoms with van der Waals surface area (Å²) in [6.07, 6.45) is 0. The van der Waals surface area contributed by atoms with E-state index in [9.17, 15) is 8.42 Å². The van der Waals surface area contributed by atoms with Crippen LogP contribution in [-0.2, 0) is 10.0 Å². The van der Waals surface area contributed by atoms with Crippen LogP contribution >= 0.6 is 0 Å². The third-order valence-corrected chi connectivity index (χ3v) is 6.43. The zero-order valence-electron chi connectivity index (χ0n) is 16.1. The third kappa shape index (κ3) is 3.98. The maximum Gasteiger partial charge on any atom is 0.261 e. The number of benzene rings is 3. The lowest BCUT2D eigenvalue weighted by Crippen LogP contribution is -2.54. The number of nitrogens with one attached hydrogen (secondary N) is 2. The van der Waals surface area contributed by atoms with Crippen LogP contribution in [0.25, 0.3) is 10.8 Å². The van der Waals surface area contributed by atoms with Crippen LogP contribution in [0.3, 0.4) is 0 Å². The van der Waals surface area contributed by atoms with Gasteiger partial charge in [-0.25, -0.2) is 8.42 Å². The van der Waals surface area contributed by atoms with Crippen LogP contribution in [0.15, 0.2) is 71.6 Å². The van der Waals surface area contributed by atoms with E-state index in [1.54, 1.807) is 18.2 Å². The lowest BCUT2D eigenvalue weighted by molar-refractivity contribution is 0.407. The summed E-state index contributed by atoms with van der Waals surface area (Å²) < 4.78 is 28.5. The van der Waals surface area contributed by atoms with Crippen molar-refractivity contribution < 1.29 is 8.42 Å². The van der Waals surface area contributed by atoms with E-state index in [2.05, 4.69) is 28.8 Å². The molecule has 1 fully saturated rings. The quantitative estimate of drug-likeness (QED) is 0.705. The second kappa shape index (κ2) is 7.45. The fourth-order valence-corrected chi connectivity index (χ4v) is 4.94. The molecule has 5 nitrogen and oxygen atoms in total. The number of nitrogens with zero attached hydrogens (tertiary/aromatic N) is 1. The monoisotopic (exact) mass is 395 g/mol. The van der Waals surface area contributed by atoms with E-state index in [1.165, 1.54) is 0 Å². The van der Waals surface area contributed by atoms with E-state index in [0.29, 0.717) is 17.8 Å². The van der Waals surface area contributed by atoms with Gasteiger partial charge in [0, 0.05) is 30.9 Å². The van der Waals surface area contributed by atoms with E-state index in [0.717, 1.165) is 29.5 Å². The molecule has 0 radical (unpaired) electrons. The summed E-state index contributed by atoms with van der Waals surface area (Å²) in [6, 6.07) is 21.3. The van der Waals surface area contributed by atoms with Gasteiger partial charge in [0.25, 0.3) is 10.0 Å². The summed E-state index contributed by atoms with van der Waals surface area (Å²) in [6.45, 7) is 6.11. The molecule has 6 heteroatoms. The summed E-state index contributed by atoms with van der Waals surface area (Å²) >= 11 is 0. The molecule has 28 heavy (non-hydrogen) atoms. The average molecular weight is 396 g/mol. The Labute approximate surface area is 166 Å². The Morgan fingerprint density at radius 2 is 1.61 bits per heavy atom. The number of fused-ring (bicyclic) bond motifs is 1. The molecule has 146 valence electrons.